The van der Waals surface area contributed by atoms with Gasteiger partial charge in [0.15, 0.2) is 5.69 Å². The summed E-state index contributed by atoms with van der Waals surface area (Å²) >= 11 is 0. The molecule has 7 nitrogen and oxygen atoms in total. The lowest BCUT2D eigenvalue weighted by Gasteiger charge is -2.26. The van der Waals surface area contributed by atoms with Gasteiger partial charge in [0, 0.05) is 25.2 Å². The molecule has 0 radical (unpaired) electrons. The van der Waals surface area contributed by atoms with Crippen molar-refractivity contribution in [3.05, 3.63) is 17.5 Å². The number of amides is 1. The summed E-state index contributed by atoms with van der Waals surface area (Å²) in [4.78, 5) is 26.7. The van der Waals surface area contributed by atoms with E-state index in [-0.39, 0.29) is 23.4 Å². The van der Waals surface area contributed by atoms with Gasteiger partial charge in [-0.15, -0.1) is 0 Å². The van der Waals surface area contributed by atoms with Crippen LogP contribution in [-0.4, -0.2) is 65.2 Å². The number of carbonyl (C=O) groups excluding carboxylic acids is 1. The van der Waals surface area contributed by atoms with Crippen molar-refractivity contribution in [3.8, 4) is 0 Å². The molecule has 1 amide bonds. The maximum Gasteiger partial charge on any atom is 0.374 e. The fourth-order valence-electron chi connectivity index (χ4n) is 2.34. The van der Waals surface area contributed by atoms with E-state index in [0.29, 0.717) is 6.54 Å². The van der Waals surface area contributed by atoms with Crippen LogP contribution in [0.4, 0.5) is 0 Å². The molecular formula is C12H17N3O4. The fourth-order valence-corrected chi connectivity index (χ4v) is 2.34. The molecular weight excluding hydrogens is 250 g/mol. The van der Waals surface area contributed by atoms with Crippen LogP contribution in [0.1, 0.15) is 33.9 Å². The predicted octanol–water partition coefficient (Wildman–Crippen LogP) is 0.539. The van der Waals surface area contributed by atoms with Crippen molar-refractivity contribution in [3.63, 3.8) is 0 Å². The Hall–Kier alpha value is -1.89. The van der Waals surface area contributed by atoms with Crippen molar-refractivity contribution in [1.29, 1.82) is 0 Å². The summed E-state index contributed by atoms with van der Waals surface area (Å²) in [5.74, 6) is -1.80. The van der Waals surface area contributed by atoms with E-state index in [1.807, 2.05) is 19.0 Å². The highest BCUT2D eigenvalue weighted by atomic mass is 16.5. The Balaban J connectivity index is 2.11. The second-order valence-corrected chi connectivity index (χ2v) is 4.94. The van der Waals surface area contributed by atoms with Crippen LogP contribution in [-0.2, 0) is 0 Å². The van der Waals surface area contributed by atoms with Crippen LogP contribution in [0.2, 0.25) is 0 Å². The number of carboxylic acid groups (broad SMARTS) is 1. The molecule has 19 heavy (non-hydrogen) atoms. The summed E-state index contributed by atoms with van der Waals surface area (Å²) in [6.45, 7) is 1.46. The second-order valence-electron chi connectivity index (χ2n) is 4.94. The average Bonchev–Trinajstić information content (AvgIpc) is 2.95. The monoisotopic (exact) mass is 267 g/mol. The zero-order chi connectivity index (χ0) is 14.0. The fraction of sp³-hybridized carbons (Fsp3) is 0.583. The molecule has 1 fully saturated rings. The van der Waals surface area contributed by atoms with Crippen molar-refractivity contribution >= 4 is 11.9 Å². The Bertz CT molecular complexity index is 483. The first-order valence-electron chi connectivity index (χ1n) is 6.14. The van der Waals surface area contributed by atoms with Gasteiger partial charge in [-0.25, -0.2) is 4.79 Å². The van der Waals surface area contributed by atoms with E-state index >= 15 is 0 Å². The number of hydrogen-bond donors (Lipinski definition) is 1. The molecule has 1 aliphatic rings. The Morgan fingerprint density at radius 1 is 1.58 bits per heavy atom. The third-order valence-electron chi connectivity index (χ3n) is 3.15. The van der Waals surface area contributed by atoms with Gasteiger partial charge in [0.1, 0.15) is 0 Å². The smallest absolute Gasteiger partial charge is 0.374 e. The van der Waals surface area contributed by atoms with Crippen LogP contribution in [0.25, 0.3) is 0 Å². The van der Waals surface area contributed by atoms with Gasteiger partial charge in [0.05, 0.1) is 0 Å². The first-order valence-corrected chi connectivity index (χ1v) is 6.14. The van der Waals surface area contributed by atoms with Crippen LogP contribution in [0.3, 0.4) is 0 Å². The molecule has 1 saturated heterocycles. The molecule has 1 N–H and O–H groups in total. The molecule has 0 spiro atoms. The molecule has 0 saturated carbocycles. The Morgan fingerprint density at radius 3 is 2.89 bits per heavy atom. The minimum atomic E-state index is -1.22. The summed E-state index contributed by atoms with van der Waals surface area (Å²) < 4.78 is 4.62. The zero-order valence-electron chi connectivity index (χ0n) is 11.0. The Morgan fingerprint density at radius 2 is 2.32 bits per heavy atom. The van der Waals surface area contributed by atoms with Gasteiger partial charge in [0.25, 0.3) is 5.91 Å². The molecule has 0 bridgehead atoms. The van der Waals surface area contributed by atoms with Crippen molar-refractivity contribution in [2.24, 2.45) is 0 Å². The van der Waals surface area contributed by atoms with Gasteiger partial charge in [-0.05, 0) is 26.9 Å². The molecule has 0 aliphatic carbocycles. The van der Waals surface area contributed by atoms with Crippen molar-refractivity contribution < 1.29 is 19.2 Å². The van der Waals surface area contributed by atoms with E-state index in [4.69, 9.17) is 5.11 Å². The van der Waals surface area contributed by atoms with E-state index in [9.17, 15) is 9.59 Å². The zero-order valence-corrected chi connectivity index (χ0v) is 11.0. The lowest BCUT2D eigenvalue weighted by atomic mass is 10.2. The molecule has 0 aromatic carbocycles. The first-order chi connectivity index (χ1) is 8.99. The normalized spacial score (nSPS) is 19.1. The molecule has 1 aromatic heterocycles. The van der Waals surface area contributed by atoms with Crippen molar-refractivity contribution in [2.75, 3.05) is 27.2 Å². The predicted molar refractivity (Wildman–Crippen MR) is 66.1 cm³/mol. The highest BCUT2D eigenvalue weighted by Crippen LogP contribution is 2.20. The average molecular weight is 267 g/mol. The van der Waals surface area contributed by atoms with Crippen LogP contribution in [0.15, 0.2) is 10.6 Å². The lowest BCUT2D eigenvalue weighted by Crippen LogP contribution is -2.41. The number of carbonyl (C=O) groups is 2. The largest absolute Gasteiger partial charge is 0.475 e. The maximum atomic E-state index is 12.3. The van der Waals surface area contributed by atoms with Crippen LogP contribution in [0.5, 0.6) is 0 Å². The summed E-state index contributed by atoms with van der Waals surface area (Å²) in [5, 5.41) is 12.3. The van der Waals surface area contributed by atoms with Crippen molar-refractivity contribution in [1.82, 2.24) is 15.0 Å². The van der Waals surface area contributed by atoms with E-state index < -0.39 is 5.97 Å². The van der Waals surface area contributed by atoms with Gasteiger partial charge in [-0.3, -0.25) is 4.79 Å². The minimum absolute atomic E-state index is 0.0584. The van der Waals surface area contributed by atoms with Gasteiger partial charge >= 0.3 is 5.97 Å². The first kappa shape index (κ1) is 13.5. The van der Waals surface area contributed by atoms with Gasteiger partial charge in [0.2, 0.25) is 5.76 Å². The summed E-state index contributed by atoms with van der Waals surface area (Å²) in [5.41, 5.74) is 0.0584. The topological polar surface area (TPSA) is 86.9 Å². The van der Waals surface area contributed by atoms with E-state index in [1.54, 1.807) is 4.90 Å². The molecule has 1 atom stereocenters. The second kappa shape index (κ2) is 5.40. The molecule has 7 heteroatoms. The number of carboxylic acids is 1. The van der Waals surface area contributed by atoms with Crippen LogP contribution < -0.4 is 0 Å². The number of nitrogens with zero attached hydrogens (tertiary/aromatic N) is 3. The molecule has 1 aliphatic heterocycles. The minimum Gasteiger partial charge on any atom is -0.475 e. The number of aromatic nitrogens is 1. The third kappa shape index (κ3) is 2.93. The SMILES string of the molecule is CN(C)CC1CCCN1C(=O)c1cc(C(=O)O)on1. The number of hydrogen-bond acceptors (Lipinski definition) is 5. The van der Waals surface area contributed by atoms with Gasteiger partial charge in [-0.1, -0.05) is 5.16 Å². The van der Waals surface area contributed by atoms with Crippen LogP contribution >= 0.6 is 0 Å². The Kier molecular flexibility index (Phi) is 3.84. The summed E-state index contributed by atoms with van der Waals surface area (Å²) in [6, 6.07) is 1.32. The van der Waals surface area contributed by atoms with Crippen LogP contribution in [0, 0.1) is 0 Å². The highest BCUT2D eigenvalue weighted by Gasteiger charge is 2.31. The standard InChI is InChI=1S/C12H17N3O4/c1-14(2)7-8-4-3-5-15(8)11(16)9-6-10(12(17)18)19-13-9/h6,8H,3-5,7H2,1-2H3,(H,17,18). The number of aromatic carboxylic acids is 1. The molecule has 1 aromatic rings. The van der Waals surface area contributed by atoms with Gasteiger partial charge < -0.3 is 19.4 Å². The molecule has 104 valence electrons. The van der Waals surface area contributed by atoms with E-state index in [2.05, 4.69) is 9.68 Å². The maximum absolute atomic E-state index is 12.3. The van der Waals surface area contributed by atoms with Crippen molar-refractivity contribution in [2.45, 2.75) is 18.9 Å². The quantitative estimate of drug-likeness (QED) is 0.856. The van der Waals surface area contributed by atoms with E-state index in [0.717, 1.165) is 19.4 Å². The number of rotatable bonds is 4. The Labute approximate surface area is 110 Å². The third-order valence-corrected chi connectivity index (χ3v) is 3.15. The summed E-state index contributed by atoms with van der Waals surface area (Å²) in [7, 11) is 3.92. The molecule has 2 heterocycles. The number of likely N-dealkylation sites (N-methyl/N-ethyl adjacent to an activating group) is 1. The van der Waals surface area contributed by atoms with Gasteiger partial charge in [-0.2, -0.15) is 0 Å². The lowest BCUT2D eigenvalue weighted by molar-refractivity contribution is 0.0646. The molecule has 2 rings (SSSR count). The number of likely N-dealkylation sites (tertiary alicyclic amines) is 1. The summed E-state index contributed by atoms with van der Waals surface area (Å²) in [6.07, 6.45) is 1.90. The van der Waals surface area contributed by atoms with E-state index in [1.165, 1.54) is 6.07 Å². The highest BCUT2D eigenvalue weighted by molar-refractivity contribution is 5.95. The molecule has 1 unspecified atom stereocenters.